The second kappa shape index (κ2) is 6.14. The highest BCUT2D eigenvalue weighted by atomic mass is 16.2. The highest BCUT2D eigenvalue weighted by molar-refractivity contribution is 5.73. The Labute approximate surface area is 94.0 Å². The topological polar surface area (TPSA) is 20.3 Å². The van der Waals surface area contributed by atoms with Gasteiger partial charge in [0.15, 0.2) is 0 Å². The van der Waals surface area contributed by atoms with E-state index in [0.29, 0.717) is 12.0 Å². The highest BCUT2D eigenvalue weighted by Gasteiger charge is 2.22. The monoisotopic (exact) mass is 211 g/mol. The molecule has 1 amide bonds. The minimum Gasteiger partial charge on any atom is -0.340 e. The van der Waals surface area contributed by atoms with Crippen LogP contribution in [0.2, 0.25) is 0 Å². The van der Waals surface area contributed by atoms with Crippen LogP contribution >= 0.6 is 0 Å². The molecule has 0 saturated heterocycles. The molecule has 0 bridgehead atoms. The molecule has 0 unspecified atom stereocenters. The molecule has 0 heterocycles. The second-order valence-corrected chi connectivity index (χ2v) is 5.21. The van der Waals surface area contributed by atoms with Crippen molar-refractivity contribution < 1.29 is 4.79 Å². The van der Waals surface area contributed by atoms with Crippen LogP contribution < -0.4 is 0 Å². The fraction of sp³-hybridized carbons (Fsp3) is 0.923. The molecule has 1 aliphatic carbocycles. The lowest BCUT2D eigenvalue weighted by molar-refractivity contribution is -0.132. The summed E-state index contributed by atoms with van der Waals surface area (Å²) in [6, 6.07) is 0.521. The molecular formula is C13H25NO. The number of amides is 1. The molecule has 0 aliphatic heterocycles. The molecule has 0 aromatic heterocycles. The maximum Gasteiger partial charge on any atom is 0.219 e. The third kappa shape index (κ3) is 4.23. The lowest BCUT2D eigenvalue weighted by atomic mass is 10.1. The van der Waals surface area contributed by atoms with Gasteiger partial charge in [-0.1, -0.05) is 39.5 Å². The molecule has 88 valence electrons. The van der Waals surface area contributed by atoms with Crippen molar-refractivity contribution in [2.24, 2.45) is 5.92 Å². The van der Waals surface area contributed by atoms with E-state index < -0.39 is 0 Å². The van der Waals surface area contributed by atoms with E-state index in [4.69, 9.17) is 0 Å². The van der Waals surface area contributed by atoms with Gasteiger partial charge in [-0.15, -0.1) is 0 Å². The molecule has 15 heavy (non-hydrogen) atoms. The van der Waals surface area contributed by atoms with Gasteiger partial charge in [-0.25, -0.2) is 0 Å². The van der Waals surface area contributed by atoms with E-state index in [0.717, 1.165) is 6.54 Å². The van der Waals surface area contributed by atoms with Crippen LogP contribution in [0, 0.1) is 5.92 Å². The lowest BCUT2D eigenvalue weighted by Gasteiger charge is -2.31. The van der Waals surface area contributed by atoms with Crippen molar-refractivity contribution in [3.63, 3.8) is 0 Å². The minimum absolute atomic E-state index is 0.260. The highest BCUT2D eigenvalue weighted by Crippen LogP contribution is 2.22. The molecule has 2 nitrogen and oxygen atoms in total. The number of rotatable bonds is 3. The van der Waals surface area contributed by atoms with E-state index in [2.05, 4.69) is 18.7 Å². The van der Waals surface area contributed by atoms with E-state index >= 15 is 0 Å². The first-order valence-electron chi connectivity index (χ1n) is 6.38. The van der Waals surface area contributed by atoms with Crippen molar-refractivity contribution in [3.8, 4) is 0 Å². The summed E-state index contributed by atoms with van der Waals surface area (Å²) in [4.78, 5) is 13.7. The van der Waals surface area contributed by atoms with Gasteiger partial charge in [0.25, 0.3) is 0 Å². The molecule has 1 aliphatic rings. The van der Waals surface area contributed by atoms with Crippen molar-refractivity contribution in [3.05, 3.63) is 0 Å². The van der Waals surface area contributed by atoms with Gasteiger partial charge in [0.2, 0.25) is 5.91 Å². The molecule has 2 heteroatoms. The number of hydrogen-bond acceptors (Lipinski definition) is 1. The minimum atomic E-state index is 0.260. The predicted molar refractivity (Wildman–Crippen MR) is 63.7 cm³/mol. The molecule has 0 radical (unpaired) electrons. The van der Waals surface area contributed by atoms with Gasteiger partial charge in [-0.3, -0.25) is 4.79 Å². The molecule has 1 saturated carbocycles. The average molecular weight is 211 g/mol. The third-order valence-corrected chi connectivity index (χ3v) is 3.23. The standard InChI is InChI=1S/C13H25NO/c1-11(2)10-14(12(3)15)13-8-6-4-5-7-9-13/h11,13H,4-10H2,1-3H3. The van der Waals surface area contributed by atoms with Crippen molar-refractivity contribution in [2.75, 3.05) is 6.54 Å². The fourth-order valence-corrected chi connectivity index (χ4v) is 2.50. The van der Waals surface area contributed by atoms with Gasteiger partial charge in [-0.05, 0) is 18.8 Å². The third-order valence-electron chi connectivity index (χ3n) is 3.23. The Kier molecular flexibility index (Phi) is 5.13. The molecule has 1 rings (SSSR count). The van der Waals surface area contributed by atoms with Crippen LogP contribution in [0.1, 0.15) is 59.3 Å². The Morgan fingerprint density at radius 1 is 1.20 bits per heavy atom. The Balaban J connectivity index is 2.56. The van der Waals surface area contributed by atoms with E-state index in [1.807, 2.05) is 0 Å². The van der Waals surface area contributed by atoms with Gasteiger partial charge < -0.3 is 4.90 Å². The number of hydrogen-bond donors (Lipinski definition) is 0. The zero-order valence-corrected chi connectivity index (χ0v) is 10.5. The predicted octanol–water partition coefficient (Wildman–Crippen LogP) is 3.21. The molecule has 0 aromatic rings. The first-order valence-corrected chi connectivity index (χ1v) is 6.38. The van der Waals surface area contributed by atoms with Crippen molar-refractivity contribution in [1.82, 2.24) is 4.90 Å². The van der Waals surface area contributed by atoms with Gasteiger partial charge in [-0.2, -0.15) is 0 Å². The number of carbonyl (C=O) groups excluding carboxylic acids is 1. The van der Waals surface area contributed by atoms with Crippen molar-refractivity contribution in [2.45, 2.75) is 65.3 Å². The van der Waals surface area contributed by atoms with Crippen LogP contribution in [-0.4, -0.2) is 23.4 Å². The summed E-state index contributed by atoms with van der Waals surface area (Å²) in [7, 11) is 0. The van der Waals surface area contributed by atoms with E-state index in [-0.39, 0.29) is 5.91 Å². The molecule has 0 spiro atoms. The molecule has 0 N–H and O–H groups in total. The summed E-state index contributed by atoms with van der Waals surface area (Å²) in [5.41, 5.74) is 0. The van der Waals surface area contributed by atoms with E-state index in [9.17, 15) is 4.79 Å². The van der Waals surface area contributed by atoms with E-state index in [1.165, 1.54) is 38.5 Å². The quantitative estimate of drug-likeness (QED) is 0.656. The SMILES string of the molecule is CC(=O)N(CC(C)C)C1CCCCCC1. The van der Waals surface area contributed by atoms with Crippen molar-refractivity contribution >= 4 is 5.91 Å². The molecule has 0 aromatic carbocycles. The van der Waals surface area contributed by atoms with E-state index in [1.54, 1.807) is 6.92 Å². The lowest BCUT2D eigenvalue weighted by Crippen LogP contribution is -2.41. The smallest absolute Gasteiger partial charge is 0.219 e. The molecule has 0 atom stereocenters. The summed E-state index contributed by atoms with van der Waals surface area (Å²) in [5, 5.41) is 0. The number of nitrogens with zero attached hydrogens (tertiary/aromatic N) is 1. The average Bonchev–Trinajstić information content (AvgIpc) is 2.41. The Hall–Kier alpha value is -0.530. The zero-order chi connectivity index (χ0) is 11.3. The summed E-state index contributed by atoms with van der Waals surface area (Å²) in [6.07, 6.45) is 7.73. The first-order chi connectivity index (χ1) is 7.11. The van der Waals surface area contributed by atoms with Gasteiger partial charge >= 0.3 is 0 Å². The molecule has 1 fully saturated rings. The Morgan fingerprint density at radius 2 is 1.73 bits per heavy atom. The van der Waals surface area contributed by atoms with Crippen LogP contribution in [-0.2, 0) is 4.79 Å². The van der Waals surface area contributed by atoms with Gasteiger partial charge in [0.05, 0.1) is 0 Å². The van der Waals surface area contributed by atoms with Crippen LogP contribution in [0.4, 0.5) is 0 Å². The normalized spacial score (nSPS) is 18.9. The Morgan fingerprint density at radius 3 is 2.13 bits per heavy atom. The van der Waals surface area contributed by atoms with Crippen LogP contribution in [0.25, 0.3) is 0 Å². The fourth-order valence-electron chi connectivity index (χ4n) is 2.50. The Bertz CT molecular complexity index is 193. The second-order valence-electron chi connectivity index (χ2n) is 5.21. The summed E-state index contributed by atoms with van der Waals surface area (Å²) < 4.78 is 0. The first kappa shape index (κ1) is 12.5. The summed E-state index contributed by atoms with van der Waals surface area (Å²) in [6.45, 7) is 7.02. The van der Waals surface area contributed by atoms with Crippen molar-refractivity contribution in [1.29, 1.82) is 0 Å². The van der Waals surface area contributed by atoms with Crippen LogP contribution in [0.5, 0.6) is 0 Å². The van der Waals surface area contributed by atoms with Crippen LogP contribution in [0.15, 0.2) is 0 Å². The van der Waals surface area contributed by atoms with Gasteiger partial charge in [0, 0.05) is 19.5 Å². The maximum atomic E-state index is 11.6. The molecular weight excluding hydrogens is 186 g/mol. The van der Waals surface area contributed by atoms with Crippen LogP contribution in [0.3, 0.4) is 0 Å². The van der Waals surface area contributed by atoms with Gasteiger partial charge in [0.1, 0.15) is 0 Å². The summed E-state index contributed by atoms with van der Waals surface area (Å²) >= 11 is 0. The summed E-state index contributed by atoms with van der Waals surface area (Å²) in [5.74, 6) is 0.841. The largest absolute Gasteiger partial charge is 0.340 e. The number of carbonyl (C=O) groups is 1. The zero-order valence-electron chi connectivity index (χ0n) is 10.5. The maximum absolute atomic E-state index is 11.6.